The molecule has 0 aromatic rings. The molecule has 1 aliphatic rings. The smallest absolute Gasteiger partial charge is 0.393 e. The van der Waals surface area contributed by atoms with E-state index in [0.717, 1.165) is 13.0 Å². The van der Waals surface area contributed by atoms with Gasteiger partial charge in [-0.1, -0.05) is 0 Å². The standard InChI is InChI=1S/C8H10O6/c1-4-3-6(10)13-8(12,5(2)9)14-7(4)11/h3,5,9,12H,1-2H3. The molecule has 1 aliphatic heterocycles. The first-order valence-corrected chi connectivity index (χ1v) is 3.90. The molecular formula is C8H10O6. The Balaban J connectivity index is 2.99. The lowest BCUT2D eigenvalue weighted by molar-refractivity contribution is -0.353. The minimum absolute atomic E-state index is 0.00780. The van der Waals surface area contributed by atoms with Gasteiger partial charge in [0.05, 0.1) is 0 Å². The summed E-state index contributed by atoms with van der Waals surface area (Å²) in [5.74, 6) is -4.47. The SMILES string of the molecule is CC1=CC(=O)OC(O)(C(C)O)OC1=O. The zero-order valence-electron chi connectivity index (χ0n) is 7.68. The van der Waals surface area contributed by atoms with E-state index in [0.29, 0.717) is 0 Å². The van der Waals surface area contributed by atoms with Crippen LogP contribution in [-0.4, -0.2) is 34.2 Å². The van der Waals surface area contributed by atoms with Gasteiger partial charge >= 0.3 is 17.9 Å². The lowest BCUT2D eigenvalue weighted by Gasteiger charge is -2.26. The number of hydrogen-bond donors (Lipinski definition) is 2. The van der Waals surface area contributed by atoms with Crippen LogP contribution in [-0.2, 0) is 19.1 Å². The van der Waals surface area contributed by atoms with E-state index in [4.69, 9.17) is 5.11 Å². The van der Waals surface area contributed by atoms with Crippen LogP contribution in [0.15, 0.2) is 11.6 Å². The minimum Gasteiger partial charge on any atom is -0.393 e. The third kappa shape index (κ3) is 1.91. The average molecular weight is 202 g/mol. The van der Waals surface area contributed by atoms with Gasteiger partial charge in [-0.05, 0) is 13.8 Å². The quantitative estimate of drug-likeness (QED) is 0.533. The Bertz CT molecular complexity index is 305. The molecule has 1 heterocycles. The molecule has 0 fully saturated rings. The fourth-order valence-electron chi connectivity index (χ4n) is 0.814. The van der Waals surface area contributed by atoms with Gasteiger partial charge in [0.1, 0.15) is 0 Å². The maximum Gasteiger partial charge on any atom is 0.401 e. The summed E-state index contributed by atoms with van der Waals surface area (Å²) >= 11 is 0. The number of carbonyl (C=O) groups is 2. The van der Waals surface area contributed by atoms with Crippen molar-refractivity contribution in [3.63, 3.8) is 0 Å². The molecule has 0 aliphatic carbocycles. The second kappa shape index (κ2) is 3.39. The van der Waals surface area contributed by atoms with Gasteiger partial charge in [0.15, 0.2) is 6.10 Å². The third-order valence-electron chi connectivity index (χ3n) is 1.67. The number of esters is 2. The fraction of sp³-hybridized carbons (Fsp3) is 0.500. The van der Waals surface area contributed by atoms with Gasteiger partial charge in [-0.2, -0.15) is 0 Å². The van der Waals surface area contributed by atoms with Crippen LogP contribution in [0.2, 0.25) is 0 Å². The van der Waals surface area contributed by atoms with Gasteiger partial charge < -0.3 is 19.7 Å². The minimum atomic E-state index is -2.61. The first kappa shape index (κ1) is 10.7. The molecule has 0 saturated carbocycles. The molecule has 0 spiro atoms. The molecule has 78 valence electrons. The summed E-state index contributed by atoms with van der Waals surface area (Å²) in [6.07, 6.45) is -0.655. The van der Waals surface area contributed by atoms with Crippen LogP contribution < -0.4 is 0 Å². The van der Waals surface area contributed by atoms with Crippen molar-refractivity contribution >= 4 is 11.9 Å². The van der Waals surface area contributed by atoms with Crippen molar-refractivity contribution in [3.8, 4) is 0 Å². The summed E-state index contributed by atoms with van der Waals surface area (Å²) in [6.45, 7) is 2.46. The van der Waals surface area contributed by atoms with E-state index >= 15 is 0 Å². The molecule has 0 bridgehead atoms. The van der Waals surface area contributed by atoms with Crippen molar-refractivity contribution in [2.45, 2.75) is 25.9 Å². The number of aliphatic hydroxyl groups excluding tert-OH is 1. The van der Waals surface area contributed by atoms with Crippen molar-refractivity contribution in [1.82, 2.24) is 0 Å². The summed E-state index contributed by atoms with van der Waals surface area (Å²) in [6, 6.07) is 0. The molecule has 0 aromatic heterocycles. The van der Waals surface area contributed by atoms with Crippen LogP contribution in [0.1, 0.15) is 13.8 Å². The fourth-order valence-corrected chi connectivity index (χ4v) is 0.814. The van der Waals surface area contributed by atoms with Crippen LogP contribution in [0, 0.1) is 0 Å². The maximum atomic E-state index is 11.1. The third-order valence-corrected chi connectivity index (χ3v) is 1.67. The van der Waals surface area contributed by atoms with E-state index in [-0.39, 0.29) is 5.57 Å². The summed E-state index contributed by atoms with van der Waals surface area (Å²) in [5.41, 5.74) is -0.00780. The van der Waals surface area contributed by atoms with Crippen LogP contribution in [0.4, 0.5) is 0 Å². The average Bonchev–Trinajstić information content (AvgIpc) is 2.10. The monoisotopic (exact) mass is 202 g/mol. The molecule has 2 atom stereocenters. The van der Waals surface area contributed by atoms with Crippen LogP contribution in [0.3, 0.4) is 0 Å². The van der Waals surface area contributed by atoms with Gasteiger partial charge in [-0.25, -0.2) is 9.59 Å². The molecule has 1 rings (SSSR count). The van der Waals surface area contributed by atoms with Gasteiger partial charge in [-0.15, -0.1) is 0 Å². The van der Waals surface area contributed by atoms with Crippen molar-refractivity contribution in [2.75, 3.05) is 0 Å². The van der Waals surface area contributed by atoms with Crippen molar-refractivity contribution < 1.29 is 29.3 Å². The van der Waals surface area contributed by atoms with E-state index in [9.17, 15) is 14.7 Å². The van der Waals surface area contributed by atoms with Crippen molar-refractivity contribution in [3.05, 3.63) is 11.6 Å². The molecule has 14 heavy (non-hydrogen) atoms. The maximum absolute atomic E-state index is 11.1. The summed E-state index contributed by atoms with van der Waals surface area (Å²) in [7, 11) is 0. The summed E-state index contributed by atoms with van der Waals surface area (Å²) < 4.78 is 8.75. The van der Waals surface area contributed by atoms with Gasteiger partial charge in [-0.3, -0.25) is 0 Å². The van der Waals surface area contributed by atoms with Crippen molar-refractivity contribution in [2.24, 2.45) is 0 Å². The molecule has 0 aromatic carbocycles. The second-order valence-corrected chi connectivity index (χ2v) is 2.94. The highest BCUT2D eigenvalue weighted by atomic mass is 16.8. The zero-order chi connectivity index (χ0) is 10.9. The molecular weight excluding hydrogens is 192 g/mol. The highest BCUT2D eigenvalue weighted by Crippen LogP contribution is 2.20. The summed E-state index contributed by atoms with van der Waals surface area (Å²) in [5, 5.41) is 18.5. The van der Waals surface area contributed by atoms with E-state index in [1.54, 1.807) is 0 Å². The zero-order valence-corrected chi connectivity index (χ0v) is 7.68. The lowest BCUT2D eigenvalue weighted by atomic mass is 10.3. The molecule has 2 unspecified atom stereocenters. The van der Waals surface area contributed by atoms with E-state index in [1.807, 2.05) is 0 Å². The van der Waals surface area contributed by atoms with Crippen LogP contribution >= 0.6 is 0 Å². The molecule has 0 amide bonds. The number of carbonyl (C=O) groups excluding carboxylic acids is 2. The Morgan fingerprint density at radius 3 is 2.50 bits per heavy atom. The van der Waals surface area contributed by atoms with Gasteiger partial charge in [0.2, 0.25) is 0 Å². The largest absolute Gasteiger partial charge is 0.401 e. The number of ether oxygens (including phenoxy) is 2. The lowest BCUT2D eigenvalue weighted by Crippen LogP contribution is -2.47. The van der Waals surface area contributed by atoms with Gasteiger partial charge in [0, 0.05) is 11.6 Å². The number of rotatable bonds is 1. The summed E-state index contributed by atoms with van der Waals surface area (Å²) in [4.78, 5) is 22.0. The molecule has 6 nitrogen and oxygen atoms in total. The first-order chi connectivity index (χ1) is 6.35. The Morgan fingerprint density at radius 1 is 1.43 bits per heavy atom. The highest BCUT2D eigenvalue weighted by molar-refractivity contribution is 5.97. The highest BCUT2D eigenvalue weighted by Gasteiger charge is 2.43. The Kier molecular flexibility index (Phi) is 2.59. The normalized spacial score (nSPS) is 29.9. The topological polar surface area (TPSA) is 93.1 Å². The van der Waals surface area contributed by atoms with Crippen LogP contribution in [0.25, 0.3) is 0 Å². The molecule has 0 radical (unpaired) electrons. The van der Waals surface area contributed by atoms with E-state index < -0.39 is 24.0 Å². The number of aliphatic hydroxyl groups is 2. The Hall–Kier alpha value is -1.40. The second-order valence-electron chi connectivity index (χ2n) is 2.94. The first-order valence-electron chi connectivity index (χ1n) is 3.90. The Labute approximate surface area is 79.7 Å². The van der Waals surface area contributed by atoms with E-state index in [1.165, 1.54) is 6.92 Å². The Morgan fingerprint density at radius 2 is 2.00 bits per heavy atom. The molecule has 6 heteroatoms. The number of cyclic esters (lactones) is 2. The van der Waals surface area contributed by atoms with Crippen molar-refractivity contribution in [1.29, 1.82) is 0 Å². The predicted molar refractivity (Wildman–Crippen MR) is 42.6 cm³/mol. The van der Waals surface area contributed by atoms with E-state index in [2.05, 4.69) is 9.47 Å². The van der Waals surface area contributed by atoms with Gasteiger partial charge in [0.25, 0.3) is 0 Å². The number of hydrogen-bond acceptors (Lipinski definition) is 6. The predicted octanol–water partition coefficient (Wildman–Crippen LogP) is -0.940. The molecule has 0 saturated heterocycles. The van der Waals surface area contributed by atoms with Crippen LogP contribution in [0.5, 0.6) is 0 Å². The molecule has 2 N–H and O–H groups in total.